The molecule has 0 aromatic carbocycles. The molecule has 68 valence electrons. The Morgan fingerprint density at radius 3 is 3.17 bits per heavy atom. The van der Waals surface area contributed by atoms with Gasteiger partial charge in [-0.2, -0.15) is 0 Å². The normalized spacial score (nSPS) is 16.9. The highest BCUT2D eigenvalue weighted by atomic mass is 16.5. The third-order valence-corrected chi connectivity index (χ3v) is 1.78. The van der Waals surface area contributed by atoms with Crippen LogP contribution in [-0.2, 0) is 9.53 Å². The van der Waals surface area contributed by atoms with Crippen molar-refractivity contribution in [3.05, 3.63) is 11.6 Å². The molecule has 0 spiro atoms. The Kier molecular flexibility index (Phi) is 3.80. The van der Waals surface area contributed by atoms with Gasteiger partial charge in [-0.3, -0.25) is 4.79 Å². The number of hydrogen-bond donors (Lipinski definition) is 1. The summed E-state index contributed by atoms with van der Waals surface area (Å²) in [5.41, 5.74) is 1.15. The molecule has 0 aromatic rings. The lowest BCUT2D eigenvalue weighted by molar-refractivity contribution is -0.142. The Hall–Kier alpha value is -0.830. The van der Waals surface area contributed by atoms with Crippen LogP contribution in [0.25, 0.3) is 0 Å². The van der Waals surface area contributed by atoms with Crippen LogP contribution in [0.5, 0.6) is 0 Å². The molecule has 3 nitrogen and oxygen atoms in total. The third kappa shape index (κ3) is 3.05. The van der Waals surface area contributed by atoms with E-state index in [1.54, 1.807) is 0 Å². The molecule has 0 aromatic heterocycles. The number of carbonyl (C=O) groups is 1. The minimum Gasteiger partial charge on any atom is -0.466 e. The highest BCUT2D eigenvalue weighted by Gasteiger charge is 2.08. The van der Waals surface area contributed by atoms with Crippen molar-refractivity contribution in [2.45, 2.75) is 19.8 Å². The summed E-state index contributed by atoms with van der Waals surface area (Å²) in [5, 5.41) is 3.21. The predicted molar refractivity (Wildman–Crippen MR) is 46.8 cm³/mol. The first-order chi connectivity index (χ1) is 5.83. The molecule has 1 heterocycles. The summed E-state index contributed by atoms with van der Waals surface area (Å²) >= 11 is 0. The van der Waals surface area contributed by atoms with Gasteiger partial charge in [-0.15, -0.1) is 0 Å². The Morgan fingerprint density at radius 2 is 2.58 bits per heavy atom. The molecule has 1 aliphatic rings. The van der Waals surface area contributed by atoms with E-state index < -0.39 is 0 Å². The van der Waals surface area contributed by atoms with Crippen LogP contribution >= 0.6 is 0 Å². The van der Waals surface area contributed by atoms with Gasteiger partial charge < -0.3 is 10.1 Å². The van der Waals surface area contributed by atoms with Crippen LogP contribution in [0.3, 0.4) is 0 Å². The minimum absolute atomic E-state index is 0.118. The first-order valence-corrected chi connectivity index (χ1v) is 4.37. The molecule has 0 aliphatic carbocycles. The highest BCUT2D eigenvalue weighted by Crippen LogP contribution is 2.06. The van der Waals surface area contributed by atoms with Gasteiger partial charge in [0, 0.05) is 6.54 Å². The van der Waals surface area contributed by atoms with Crippen molar-refractivity contribution < 1.29 is 9.53 Å². The van der Waals surface area contributed by atoms with E-state index in [0.29, 0.717) is 13.0 Å². The SMILES string of the molecule is CCOC(=O)CC1=CCCNC1. The quantitative estimate of drug-likeness (QED) is 0.503. The van der Waals surface area contributed by atoms with E-state index in [0.717, 1.165) is 25.1 Å². The lowest BCUT2D eigenvalue weighted by Crippen LogP contribution is -2.23. The fraction of sp³-hybridized carbons (Fsp3) is 0.667. The second kappa shape index (κ2) is 4.93. The van der Waals surface area contributed by atoms with Crippen molar-refractivity contribution in [1.82, 2.24) is 5.32 Å². The summed E-state index contributed by atoms with van der Waals surface area (Å²) in [6.07, 6.45) is 3.59. The molecule has 1 rings (SSSR count). The van der Waals surface area contributed by atoms with E-state index in [2.05, 4.69) is 11.4 Å². The molecule has 0 saturated heterocycles. The summed E-state index contributed by atoms with van der Waals surface area (Å²) in [6.45, 7) is 4.15. The van der Waals surface area contributed by atoms with E-state index in [1.807, 2.05) is 6.92 Å². The molecule has 0 saturated carbocycles. The van der Waals surface area contributed by atoms with Crippen LogP contribution in [0.15, 0.2) is 11.6 Å². The van der Waals surface area contributed by atoms with Crippen LogP contribution in [0.4, 0.5) is 0 Å². The number of nitrogens with one attached hydrogen (secondary N) is 1. The van der Waals surface area contributed by atoms with Crippen molar-refractivity contribution in [3.8, 4) is 0 Å². The summed E-state index contributed by atoms with van der Waals surface area (Å²) in [4.78, 5) is 11.0. The first-order valence-electron chi connectivity index (χ1n) is 4.37. The van der Waals surface area contributed by atoms with E-state index in [4.69, 9.17) is 4.74 Å². The monoisotopic (exact) mass is 169 g/mol. The fourth-order valence-corrected chi connectivity index (χ4v) is 1.23. The van der Waals surface area contributed by atoms with Crippen LogP contribution in [0, 0.1) is 0 Å². The zero-order chi connectivity index (χ0) is 8.81. The van der Waals surface area contributed by atoms with E-state index in [-0.39, 0.29) is 5.97 Å². The van der Waals surface area contributed by atoms with Crippen molar-refractivity contribution in [3.63, 3.8) is 0 Å². The number of hydrogen-bond acceptors (Lipinski definition) is 3. The van der Waals surface area contributed by atoms with Gasteiger partial charge in [0.05, 0.1) is 13.0 Å². The second-order valence-corrected chi connectivity index (χ2v) is 2.81. The molecule has 1 aliphatic heterocycles. The van der Waals surface area contributed by atoms with Crippen LogP contribution < -0.4 is 5.32 Å². The zero-order valence-corrected chi connectivity index (χ0v) is 7.43. The molecular weight excluding hydrogens is 154 g/mol. The third-order valence-electron chi connectivity index (χ3n) is 1.78. The van der Waals surface area contributed by atoms with Gasteiger partial charge in [0.2, 0.25) is 0 Å². The van der Waals surface area contributed by atoms with Gasteiger partial charge in [0.1, 0.15) is 0 Å². The maximum Gasteiger partial charge on any atom is 0.309 e. The standard InChI is InChI=1S/C9H15NO2/c1-2-12-9(11)6-8-4-3-5-10-7-8/h4,10H,2-3,5-7H2,1H3. The number of carbonyl (C=O) groups excluding carboxylic acids is 1. The Bertz CT molecular complexity index is 187. The number of ether oxygens (including phenoxy) is 1. The summed E-state index contributed by atoms with van der Waals surface area (Å²) in [7, 11) is 0. The molecule has 3 heteroatoms. The van der Waals surface area contributed by atoms with Gasteiger partial charge in [-0.05, 0) is 25.5 Å². The topological polar surface area (TPSA) is 38.3 Å². The fourth-order valence-electron chi connectivity index (χ4n) is 1.23. The smallest absolute Gasteiger partial charge is 0.309 e. The van der Waals surface area contributed by atoms with Crippen molar-refractivity contribution >= 4 is 5.97 Å². The van der Waals surface area contributed by atoms with Crippen LogP contribution in [-0.4, -0.2) is 25.7 Å². The molecule has 0 radical (unpaired) electrons. The van der Waals surface area contributed by atoms with Crippen molar-refractivity contribution in [2.75, 3.05) is 19.7 Å². The Balaban J connectivity index is 2.29. The molecule has 0 unspecified atom stereocenters. The molecule has 0 amide bonds. The average molecular weight is 169 g/mol. The van der Waals surface area contributed by atoms with E-state index >= 15 is 0 Å². The molecule has 1 N–H and O–H groups in total. The zero-order valence-electron chi connectivity index (χ0n) is 7.43. The molecule has 0 bridgehead atoms. The number of rotatable bonds is 3. The summed E-state index contributed by atoms with van der Waals surface area (Å²) in [5.74, 6) is -0.118. The van der Waals surface area contributed by atoms with Crippen LogP contribution in [0.2, 0.25) is 0 Å². The van der Waals surface area contributed by atoms with Crippen molar-refractivity contribution in [1.29, 1.82) is 0 Å². The van der Waals surface area contributed by atoms with Gasteiger partial charge in [-0.1, -0.05) is 6.08 Å². The lowest BCUT2D eigenvalue weighted by Gasteiger charge is -2.13. The summed E-state index contributed by atoms with van der Waals surface area (Å²) in [6, 6.07) is 0. The van der Waals surface area contributed by atoms with E-state index in [9.17, 15) is 4.79 Å². The molecule has 0 fully saturated rings. The maximum absolute atomic E-state index is 11.0. The largest absolute Gasteiger partial charge is 0.466 e. The van der Waals surface area contributed by atoms with Crippen molar-refractivity contribution in [2.24, 2.45) is 0 Å². The highest BCUT2D eigenvalue weighted by molar-refractivity contribution is 5.72. The van der Waals surface area contributed by atoms with E-state index in [1.165, 1.54) is 0 Å². The molecule has 12 heavy (non-hydrogen) atoms. The number of esters is 1. The first kappa shape index (κ1) is 9.26. The van der Waals surface area contributed by atoms with Crippen LogP contribution in [0.1, 0.15) is 19.8 Å². The van der Waals surface area contributed by atoms with Gasteiger partial charge in [0.15, 0.2) is 0 Å². The lowest BCUT2D eigenvalue weighted by atomic mass is 10.1. The average Bonchev–Trinajstić information content (AvgIpc) is 2.06. The maximum atomic E-state index is 11.0. The van der Waals surface area contributed by atoms with Gasteiger partial charge in [-0.25, -0.2) is 0 Å². The van der Waals surface area contributed by atoms with Gasteiger partial charge >= 0.3 is 5.97 Å². The Morgan fingerprint density at radius 1 is 1.75 bits per heavy atom. The molecule has 0 atom stereocenters. The minimum atomic E-state index is -0.118. The summed E-state index contributed by atoms with van der Waals surface area (Å²) < 4.78 is 4.84. The molecular formula is C9H15NO2. The van der Waals surface area contributed by atoms with Gasteiger partial charge in [0.25, 0.3) is 0 Å². The second-order valence-electron chi connectivity index (χ2n) is 2.81. The Labute approximate surface area is 72.8 Å². The predicted octanol–water partition coefficient (Wildman–Crippen LogP) is 0.859.